The van der Waals surface area contributed by atoms with Crippen LogP contribution in [0.5, 0.6) is 0 Å². The molecular formula is C12H11F3N6. The topological polar surface area (TPSA) is 60.0 Å². The summed E-state index contributed by atoms with van der Waals surface area (Å²) >= 11 is 0. The van der Waals surface area contributed by atoms with Gasteiger partial charge >= 0.3 is 6.18 Å². The van der Waals surface area contributed by atoms with Gasteiger partial charge < -0.3 is 5.32 Å². The summed E-state index contributed by atoms with van der Waals surface area (Å²) in [6.45, 7) is 0.399. The highest BCUT2D eigenvalue weighted by Gasteiger charge is 2.34. The lowest BCUT2D eigenvalue weighted by Crippen LogP contribution is -2.07. The molecule has 0 aliphatic heterocycles. The second-order valence-corrected chi connectivity index (χ2v) is 4.43. The van der Waals surface area contributed by atoms with Gasteiger partial charge in [-0.3, -0.25) is 4.68 Å². The van der Waals surface area contributed by atoms with E-state index in [1.54, 1.807) is 17.9 Å². The van der Waals surface area contributed by atoms with Gasteiger partial charge in [-0.15, -0.1) is 0 Å². The Hall–Kier alpha value is -2.58. The number of nitrogens with zero attached hydrogens (tertiary/aromatic N) is 5. The Morgan fingerprint density at radius 3 is 2.76 bits per heavy atom. The van der Waals surface area contributed by atoms with Crippen LogP contribution in [0.25, 0.3) is 5.52 Å². The second kappa shape index (κ2) is 4.76. The Labute approximate surface area is 117 Å². The number of alkyl halides is 3. The summed E-state index contributed by atoms with van der Waals surface area (Å²) in [5.41, 5.74) is 0.209. The summed E-state index contributed by atoms with van der Waals surface area (Å²) in [4.78, 5) is 4.06. The lowest BCUT2D eigenvalue weighted by Gasteiger charge is -2.06. The van der Waals surface area contributed by atoms with E-state index >= 15 is 0 Å². The molecule has 110 valence electrons. The molecule has 1 N–H and O–H groups in total. The van der Waals surface area contributed by atoms with Gasteiger partial charge in [-0.1, -0.05) is 0 Å². The third-order valence-corrected chi connectivity index (χ3v) is 3.04. The van der Waals surface area contributed by atoms with Crippen molar-refractivity contribution >= 4 is 11.3 Å². The van der Waals surface area contributed by atoms with Gasteiger partial charge in [0.2, 0.25) is 0 Å². The quantitative estimate of drug-likeness (QED) is 0.804. The van der Waals surface area contributed by atoms with Crippen LogP contribution in [0.15, 0.2) is 30.7 Å². The molecule has 0 bridgehead atoms. The Kier molecular flexibility index (Phi) is 3.04. The first-order valence-corrected chi connectivity index (χ1v) is 6.07. The van der Waals surface area contributed by atoms with E-state index in [1.807, 2.05) is 6.07 Å². The van der Waals surface area contributed by atoms with E-state index in [0.29, 0.717) is 12.4 Å². The number of hydrogen-bond acceptors (Lipinski definition) is 4. The van der Waals surface area contributed by atoms with Crippen LogP contribution >= 0.6 is 0 Å². The molecule has 0 saturated carbocycles. The number of nitrogens with one attached hydrogen (secondary N) is 1. The van der Waals surface area contributed by atoms with Gasteiger partial charge in [0.1, 0.15) is 5.52 Å². The minimum atomic E-state index is -4.48. The van der Waals surface area contributed by atoms with Crippen LogP contribution in [0, 0.1) is 0 Å². The normalized spacial score (nSPS) is 12.0. The Morgan fingerprint density at radius 2 is 2.10 bits per heavy atom. The molecule has 3 aromatic rings. The molecule has 0 aliphatic rings. The predicted octanol–water partition coefficient (Wildman–Crippen LogP) is 2.09. The van der Waals surface area contributed by atoms with Crippen molar-refractivity contribution in [3.8, 4) is 0 Å². The maximum absolute atomic E-state index is 12.7. The minimum Gasteiger partial charge on any atom is -0.363 e. The molecule has 0 aliphatic carbocycles. The van der Waals surface area contributed by atoms with Gasteiger partial charge in [0.25, 0.3) is 0 Å². The van der Waals surface area contributed by atoms with E-state index in [4.69, 9.17) is 0 Å². The monoisotopic (exact) mass is 296 g/mol. The SMILES string of the molecule is Cn1nccc1CNc1nccn2nc(C(F)(F)F)cc12. The van der Waals surface area contributed by atoms with Gasteiger partial charge in [0.15, 0.2) is 11.5 Å². The summed E-state index contributed by atoms with van der Waals surface area (Å²) in [5.74, 6) is 0.335. The molecule has 9 heteroatoms. The summed E-state index contributed by atoms with van der Waals surface area (Å²) < 4.78 is 40.9. The standard InChI is InChI=1S/C12H11F3N6/c1-20-8(2-3-18-20)7-17-11-9-6-10(12(13,14)15)19-21(9)5-4-16-11/h2-6H,7H2,1H3,(H,16,17). The van der Waals surface area contributed by atoms with Crippen molar-refractivity contribution in [1.82, 2.24) is 24.4 Å². The van der Waals surface area contributed by atoms with Crippen molar-refractivity contribution in [3.05, 3.63) is 42.1 Å². The van der Waals surface area contributed by atoms with Crippen LogP contribution in [0.2, 0.25) is 0 Å². The highest BCUT2D eigenvalue weighted by molar-refractivity contribution is 5.67. The fourth-order valence-corrected chi connectivity index (χ4v) is 1.95. The van der Waals surface area contributed by atoms with Crippen molar-refractivity contribution in [3.63, 3.8) is 0 Å². The molecule has 0 atom stereocenters. The van der Waals surface area contributed by atoms with Gasteiger partial charge in [-0.25, -0.2) is 9.50 Å². The molecule has 6 nitrogen and oxygen atoms in total. The molecule has 0 aromatic carbocycles. The maximum Gasteiger partial charge on any atom is 0.435 e. The first-order valence-electron chi connectivity index (χ1n) is 6.07. The number of rotatable bonds is 3. The molecule has 0 unspecified atom stereocenters. The average Bonchev–Trinajstić information content (AvgIpc) is 3.02. The van der Waals surface area contributed by atoms with Crippen LogP contribution in [-0.2, 0) is 19.8 Å². The van der Waals surface area contributed by atoms with Crippen LogP contribution < -0.4 is 5.32 Å². The van der Waals surface area contributed by atoms with Crippen LogP contribution in [0.4, 0.5) is 19.0 Å². The van der Waals surface area contributed by atoms with Gasteiger partial charge in [-0.05, 0) is 6.07 Å². The van der Waals surface area contributed by atoms with Crippen molar-refractivity contribution in [2.24, 2.45) is 7.05 Å². The largest absolute Gasteiger partial charge is 0.435 e. The van der Waals surface area contributed by atoms with E-state index in [1.165, 1.54) is 12.4 Å². The maximum atomic E-state index is 12.7. The third kappa shape index (κ3) is 2.54. The van der Waals surface area contributed by atoms with Crippen LogP contribution in [0.3, 0.4) is 0 Å². The van der Waals surface area contributed by atoms with Gasteiger partial charge in [-0.2, -0.15) is 23.4 Å². The lowest BCUT2D eigenvalue weighted by molar-refractivity contribution is -0.141. The Morgan fingerprint density at radius 1 is 1.29 bits per heavy atom. The summed E-state index contributed by atoms with van der Waals surface area (Å²) in [5, 5.41) is 10.5. The van der Waals surface area contributed by atoms with Crippen LogP contribution in [-0.4, -0.2) is 24.4 Å². The lowest BCUT2D eigenvalue weighted by atomic mass is 10.3. The molecule has 21 heavy (non-hydrogen) atoms. The Balaban J connectivity index is 1.92. The van der Waals surface area contributed by atoms with Gasteiger partial charge in [0, 0.05) is 31.7 Å². The van der Waals surface area contributed by atoms with E-state index in [0.717, 1.165) is 16.3 Å². The smallest absolute Gasteiger partial charge is 0.363 e. The molecular weight excluding hydrogens is 285 g/mol. The molecule has 0 fully saturated rings. The van der Waals surface area contributed by atoms with Crippen molar-refractivity contribution in [2.45, 2.75) is 12.7 Å². The highest BCUT2D eigenvalue weighted by atomic mass is 19.4. The predicted molar refractivity (Wildman–Crippen MR) is 68.5 cm³/mol. The number of aromatic nitrogens is 5. The molecule has 3 heterocycles. The number of aryl methyl sites for hydroxylation is 1. The average molecular weight is 296 g/mol. The summed E-state index contributed by atoms with van der Waals surface area (Å²) in [6, 6.07) is 2.78. The first kappa shape index (κ1) is 13.4. The van der Waals surface area contributed by atoms with Crippen molar-refractivity contribution in [1.29, 1.82) is 0 Å². The van der Waals surface area contributed by atoms with Crippen molar-refractivity contribution < 1.29 is 13.2 Å². The molecule has 0 amide bonds. The van der Waals surface area contributed by atoms with E-state index < -0.39 is 11.9 Å². The number of hydrogen-bond donors (Lipinski definition) is 1. The Bertz CT molecular complexity index is 773. The zero-order valence-corrected chi connectivity index (χ0v) is 11.0. The van der Waals surface area contributed by atoms with E-state index in [-0.39, 0.29) is 5.52 Å². The number of fused-ring (bicyclic) bond motifs is 1. The molecule has 0 saturated heterocycles. The summed E-state index contributed by atoms with van der Waals surface area (Å²) in [6.07, 6.45) is -0.0670. The zero-order chi connectivity index (χ0) is 15.0. The molecule has 3 aromatic heterocycles. The number of halogens is 3. The number of anilines is 1. The molecule has 3 rings (SSSR count). The van der Waals surface area contributed by atoms with E-state index in [2.05, 4.69) is 20.5 Å². The molecule has 0 radical (unpaired) electrons. The van der Waals surface area contributed by atoms with Crippen molar-refractivity contribution in [2.75, 3.05) is 5.32 Å². The molecule has 0 spiro atoms. The summed E-state index contributed by atoms with van der Waals surface area (Å²) in [7, 11) is 1.78. The van der Waals surface area contributed by atoms with Gasteiger partial charge in [0.05, 0.1) is 12.2 Å². The van der Waals surface area contributed by atoms with E-state index in [9.17, 15) is 13.2 Å². The fourth-order valence-electron chi connectivity index (χ4n) is 1.95. The zero-order valence-electron chi connectivity index (χ0n) is 11.0. The fraction of sp³-hybridized carbons (Fsp3) is 0.250. The third-order valence-electron chi connectivity index (χ3n) is 3.04. The van der Waals surface area contributed by atoms with Crippen LogP contribution in [0.1, 0.15) is 11.4 Å². The highest BCUT2D eigenvalue weighted by Crippen LogP contribution is 2.30. The first-order chi connectivity index (χ1) is 9.95. The second-order valence-electron chi connectivity index (χ2n) is 4.43. The minimum absolute atomic E-state index is 0.270.